The summed E-state index contributed by atoms with van der Waals surface area (Å²) in [6.07, 6.45) is 4.83. The van der Waals surface area contributed by atoms with Crippen molar-refractivity contribution in [1.82, 2.24) is 15.5 Å². The number of guanidine groups is 1. The van der Waals surface area contributed by atoms with E-state index >= 15 is 0 Å². The van der Waals surface area contributed by atoms with Crippen molar-refractivity contribution in [2.24, 2.45) is 4.99 Å². The maximum atomic E-state index is 11.7. The standard InChI is InChI=1S/C16H28N4OS.HI/c1-4-5-6-7-10-17-16(19-13-15(21)20(2)3)18-12-14-9-8-11-22-14;/h8-9,11H,4-7,10,12-13H2,1-3H3,(H2,17,18,19);1H. The molecule has 1 rings (SSSR count). The number of nitrogens with zero attached hydrogens (tertiary/aromatic N) is 2. The third-order valence-corrected chi connectivity index (χ3v) is 4.08. The Morgan fingerprint density at radius 3 is 2.65 bits per heavy atom. The Labute approximate surface area is 161 Å². The van der Waals surface area contributed by atoms with Crippen LogP contribution in [-0.2, 0) is 11.3 Å². The molecular formula is C16H29IN4OS. The first-order valence-electron chi connectivity index (χ1n) is 7.88. The zero-order valence-corrected chi connectivity index (χ0v) is 17.4. The largest absolute Gasteiger partial charge is 0.356 e. The van der Waals surface area contributed by atoms with Gasteiger partial charge in [0, 0.05) is 25.5 Å². The number of carbonyl (C=O) groups excluding carboxylic acids is 1. The molecular weight excluding hydrogens is 423 g/mol. The van der Waals surface area contributed by atoms with Gasteiger partial charge in [-0.1, -0.05) is 32.3 Å². The Balaban J connectivity index is 0.00000484. The second-order valence-corrected chi connectivity index (χ2v) is 6.41. The molecule has 0 fully saturated rings. The van der Waals surface area contributed by atoms with Gasteiger partial charge in [0.15, 0.2) is 5.96 Å². The number of halogens is 1. The molecule has 5 nitrogen and oxygen atoms in total. The monoisotopic (exact) mass is 452 g/mol. The maximum absolute atomic E-state index is 11.7. The highest BCUT2D eigenvalue weighted by Crippen LogP contribution is 2.07. The van der Waals surface area contributed by atoms with Gasteiger partial charge in [-0.05, 0) is 17.9 Å². The number of hydrogen-bond acceptors (Lipinski definition) is 3. The number of aliphatic imine (C=N–C) groups is 1. The SMILES string of the molecule is CCCCCCNC(=NCC(=O)N(C)C)NCc1cccs1.I. The molecule has 0 aliphatic rings. The van der Waals surface area contributed by atoms with Crippen molar-refractivity contribution in [1.29, 1.82) is 0 Å². The lowest BCUT2D eigenvalue weighted by atomic mass is 10.2. The quantitative estimate of drug-likeness (QED) is 0.262. The van der Waals surface area contributed by atoms with Gasteiger partial charge >= 0.3 is 0 Å². The van der Waals surface area contributed by atoms with Crippen molar-refractivity contribution < 1.29 is 4.79 Å². The third kappa shape index (κ3) is 10.5. The molecule has 0 aliphatic heterocycles. The van der Waals surface area contributed by atoms with Crippen LogP contribution < -0.4 is 10.6 Å². The van der Waals surface area contributed by atoms with E-state index in [9.17, 15) is 4.79 Å². The van der Waals surface area contributed by atoms with Crippen LogP contribution in [0.15, 0.2) is 22.5 Å². The number of carbonyl (C=O) groups is 1. The Morgan fingerprint density at radius 1 is 1.26 bits per heavy atom. The highest BCUT2D eigenvalue weighted by molar-refractivity contribution is 14.0. The fourth-order valence-electron chi connectivity index (χ4n) is 1.80. The molecule has 1 aromatic heterocycles. The normalized spacial score (nSPS) is 10.8. The number of thiophene rings is 1. The summed E-state index contributed by atoms with van der Waals surface area (Å²) in [5.74, 6) is 0.711. The van der Waals surface area contributed by atoms with E-state index in [0.29, 0.717) is 5.96 Å². The first kappa shape index (κ1) is 22.2. The highest BCUT2D eigenvalue weighted by atomic mass is 127. The Kier molecular flexibility index (Phi) is 13.1. The molecule has 0 radical (unpaired) electrons. The van der Waals surface area contributed by atoms with Crippen molar-refractivity contribution in [3.63, 3.8) is 0 Å². The van der Waals surface area contributed by atoms with Crippen LogP contribution >= 0.6 is 35.3 Å². The summed E-state index contributed by atoms with van der Waals surface area (Å²) < 4.78 is 0. The molecule has 7 heteroatoms. The van der Waals surface area contributed by atoms with Gasteiger partial charge in [-0.2, -0.15) is 0 Å². The van der Waals surface area contributed by atoms with Crippen LogP contribution in [0.25, 0.3) is 0 Å². The minimum atomic E-state index is 0. The topological polar surface area (TPSA) is 56.7 Å². The fourth-order valence-corrected chi connectivity index (χ4v) is 2.45. The second kappa shape index (κ2) is 13.6. The molecule has 0 aliphatic carbocycles. The van der Waals surface area contributed by atoms with Crippen LogP contribution in [0.2, 0.25) is 0 Å². The molecule has 0 spiro atoms. The summed E-state index contributed by atoms with van der Waals surface area (Å²) in [5.41, 5.74) is 0. The van der Waals surface area contributed by atoms with Crippen LogP contribution in [0.3, 0.4) is 0 Å². The van der Waals surface area contributed by atoms with E-state index in [1.165, 1.54) is 24.1 Å². The van der Waals surface area contributed by atoms with Crippen LogP contribution in [0.5, 0.6) is 0 Å². The van der Waals surface area contributed by atoms with Gasteiger partial charge in [0.25, 0.3) is 0 Å². The number of amides is 1. The van der Waals surface area contributed by atoms with Crippen molar-refractivity contribution in [2.45, 2.75) is 39.2 Å². The average molecular weight is 452 g/mol. The van der Waals surface area contributed by atoms with E-state index in [2.05, 4.69) is 34.0 Å². The van der Waals surface area contributed by atoms with Crippen LogP contribution in [0.1, 0.15) is 37.5 Å². The van der Waals surface area contributed by atoms with E-state index in [0.717, 1.165) is 19.5 Å². The van der Waals surface area contributed by atoms with E-state index in [1.54, 1.807) is 30.3 Å². The molecule has 1 heterocycles. The predicted molar refractivity (Wildman–Crippen MR) is 110 cm³/mol. The van der Waals surface area contributed by atoms with Gasteiger partial charge in [0.2, 0.25) is 5.91 Å². The van der Waals surface area contributed by atoms with Gasteiger partial charge in [-0.15, -0.1) is 35.3 Å². The summed E-state index contributed by atoms with van der Waals surface area (Å²) in [6.45, 7) is 3.98. The zero-order valence-electron chi connectivity index (χ0n) is 14.3. The fraction of sp³-hybridized carbons (Fsp3) is 0.625. The average Bonchev–Trinajstić information content (AvgIpc) is 3.01. The minimum Gasteiger partial charge on any atom is -0.356 e. The maximum Gasteiger partial charge on any atom is 0.243 e. The van der Waals surface area contributed by atoms with Crippen LogP contribution in [0, 0.1) is 0 Å². The van der Waals surface area contributed by atoms with Crippen LogP contribution in [0.4, 0.5) is 0 Å². The second-order valence-electron chi connectivity index (χ2n) is 5.37. The van der Waals surface area contributed by atoms with Crippen molar-refractivity contribution in [3.05, 3.63) is 22.4 Å². The molecule has 0 saturated carbocycles. The first-order chi connectivity index (χ1) is 10.6. The van der Waals surface area contributed by atoms with Crippen molar-refractivity contribution >= 4 is 47.2 Å². The lowest BCUT2D eigenvalue weighted by Gasteiger charge is -2.13. The summed E-state index contributed by atoms with van der Waals surface area (Å²) in [5, 5.41) is 8.65. The Morgan fingerprint density at radius 2 is 2.04 bits per heavy atom. The van der Waals surface area contributed by atoms with Crippen molar-refractivity contribution in [3.8, 4) is 0 Å². The molecule has 0 unspecified atom stereocenters. The zero-order chi connectivity index (χ0) is 16.2. The third-order valence-electron chi connectivity index (χ3n) is 3.20. The Bertz CT molecular complexity index is 449. The lowest BCUT2D eigenvalue weighted by molar-refractivity contribution is -0.127. The van der Waals surface area contributed by atoms with E-state index in [-0.39, 0.29) is 36.4 Å². The van der Waals surface area contributed by atoms with Gasteiger partial charge in [0.1, 0.15) is 6.54 Å². The summed E-state index contributed by atoms with van der Waals surface area (Å²) in [4.78, 5) is 18.8. The first-order valence-corrected chi connectivity index (χ1v) is 8.76. The number of hydrogen-bond donors (Lipinski definition) is 2. The summed E-state index contributed by atoms with van der Waals surface area (Å²) in [7, 11) is 3.49. The molecule has 132 valence electrons. The van der Waals surface area contributed by atoms with Gasteiger partial charge in [-0.25, -0.2) is 4.99 Å². The molecule has 1 aromatic rings. The van der Waals surface area contributed by atoms with Crippen LogP contribution in [-0.4, -0.2) is 44.0 Å². The van der Waals surface area contributed by atoms with E-state index < -0.39 is 0 Å². The van der Waals surface area contributed by atoms with Gasteiger partial charge in [0.05, 0.1) is 6.54 Å². The molecule has 1 amide bonds. The Hall–Kier alpha value is -0.830. The predicted octanol–water partition coefficient (Wildman–Crippen LogP) is 3.07. The number of rotatable bonds is 9. The van der Waals surface area contributed by atoms with Gasteiger partial charge < -0.3 is 15.5 Å². The van der Waals surface area contributed by atoms with Crippen molar-refractivity contribution in [2.75, 3.05) is 27.2 Å². The number of likely N-dealkylation sites (N-methyl/N-ethyl adjacent to an activating group) is 1. The highest BCUT2D eigenvalue weighted by Gasteiger charge is 2.04. The number of nitrogens with one attached hydrogen (secondary N) is 2. The molecule has 23 heavy (non-hydrogen) atoms. The number of unbranched alkanes of at least 4 members (excludes halogenated alkanes) is 3. The summed E-state index contributed by atoms with van der Waals surface area (Å²) >= 11 is 1.71. The molecule has 2 N–H and O–H groups in total. The molecule has 0 saturated heterocycles. The van der Waals surface area contributed by atoms with E-state index in [4.69, 9.17) is 0 Å². The molecule has 0 aromatic carbocycles. The smallest absolute Gasteiger partial charge is 0.243 e. The minimum absolute atomic E-state index is 0. The summed E-state index contributed by atoms with van der Waals surface area (Å²) in [6, 6.07) is 4.12. The van der Waals surface area contributed by atoms with E-state index in [1.807, 2.05) is 6.07 Å². The van der Waals surface area contributed by atoms with Gasteiger partial charge in [-0.3, -0.25) is 4.79 Å². The lowest BCUT2D eigenvalue weighted by Crippen LogP contribution is -2.38. The molecule has 0 bridgehead atoms. The molecule has 0 atom stereocenters.